The number of imide groups is 1. The minimum atomic E-state index is -0.857. The number of nitrogens with one attached hydrogen (secondary N) is 2. The summed E-state index contributed by atoms with van der Waals surface area (Å²) >= 11 is 0. The van der Waals surface area contributed by atoms with E-state index in [4.69, 9.17) is 4.74 Å². The molecule has 1 unspecified atom stereocenters. The van der Waals surface area contributed by atoms with Gasteiger partial charge in [0.1, 0.15) is 24.2 Å². The quantitative estimate of drug-likeness (QED) is 0.591. The predicted octanol–water partition coefficient (Wildman–Crippen LogP) is 1.93. The smallest absolute Gasteiger partial charge is 0.275 e. The molecule has 1 aromatic heterocycles. The number of fused-ring (bicyclic) bond motifs is 2. The fourth-order valence-electron chi connectivity index (χ4n) is 3.87. The summed E-state index contributed by atoms with van der Waals surface area (Å²) in [5.74, 6) is -1.29. The third kappa shape index (κ3) is 3.86. The molecule has 1 fully saturated rings. The number of carbonyl (C=O) groups excluding carboxylic acids is 3. The third-order valence-electron chi connectivity index (χ3n) is 5.55. The maximum Gasteiger partial charge on any atom is 0.275 e. The zero-order valence-corrected chi connectivity index (χ0v) is 17.1. The predicted molar refractivity (Wildman–Crippen MR) is 116 cm³/mol. The number of amides is 3. The highest BCUT2D eigenvalue weighted by atomic mass is 19.1. The fourth-order valence-corrected chi connectivity index (χ4v) is 3.87. The third-order valence-corrected chi connectivity index (χ3v) is 5.55. The average Bonchev–Trinajstić information content (AvgIpc) is 2.79. The first-order valence-electron chi connectivity index (χ1n) is 10.2. The molecule has 1 saturated heterocycles. The fraction of sp³-hybridized carbons (Fsp3) is 0.174. The molecule has 0 saturated carbocycles. The molecule has 9 nitrogen and oxygen atoms in total. The topological polar surface area (TPSA) is 119 Å². The van der Waals surface area contributed by atoms with Gasteiger partial charge in [-0.3, -0.25) is 24.5 Å². The van der Waals surface area contributed by atoms with Crippen LogP contribution in [0.5, 0.6) is 5.75 Å². The minimum absolute atomic E-state index is 0.0380. The van der Waals surface area contributed by atoms with E-state index in [0.717, 1.165) is 4.68 Å². The number of ether oxygens (including phenoxy) is 1. The molecule has 0 spiro atoms. The lowest BCUT2D eigenvalue weighted by atomic mass is 10.1. The van der Waals surface area contributed by atoms with E-state index in [0.29, 0.717) is 33.3 Å². The van der Waals surface area contributed by atoms with Crippen molar-refractivity contribution >= 4 is 40.3 Å². The van der Waals surface area contributed by atoms with Crippen molar-refractivity contribution in [3.63, 3.8) is 0 Å². The Balaban J connectivity index is 1.39. The molecule has 5 rings (SSSR count). The number of aromatic nitrogens is 2. The summed E-state index contributed by atoms with van der Waals surface area (Å²) in [5, 5.41) is 9.85. The van der Waals surface area contributed by atoms with Gasteiger partial charge in [-0.2, -0.15) is 5.10 Å². The van der Waals surface area contributed by atoms with Gasteiger partial charge < -0.3 is 10.1 Å². The molecular weight excluding hydrogens is 431 g/mol. The van der Waals surface area contributed by atoms with Crippen molar-refractivity contribution in [2.75, 3.05) is 11.9 Å². The number of rotatable bonds is 3. The molecule has 3 aromatic rings. The van der Waals surface area contributed by atoms with E-state index in [9.17, 15) is 23.6 Å². The summed E-state index contributed by atoms with van der Waals surface area (Å²) in [6, 6.07) is 7.92. The van der Waals surface area contributed by atoms with E-state index in [1.165, 1.54) is 30.5 Å². The van der Waals surface area contributed by atoms with Crippen molar-refractivity contribution in [2.45, 2.75) is 18.9 Å². The van der Waals surface area contributed by atoms with Gasteiger partial charge in [0, 0.05) is 23.1 Å². The molecule has 0 bridgehead atoms. The summed E-state index contributed by atoms with van der Waals surface area (Å²) in [4.78, 5) is 49.0. The first-order valence-corrected chi connectivity index (χ1v) is 10.2. The largest absolute Gasteiger partial charge is 0.488 e. The standard InChI is InChI=1S/C23H17FN4O5/c24-15-1-5-19-12(8-15)7-14(11-33-19)21(30)26-16-2-3-17-13(9-16)10-25-28(23(17)32)18-4-6-20(29)27-22(18)31/h1-3,5,7-10,18H,4,6,11H2,(H,26,30)(H,27,29,31). The van der Waals surface area contributed by atoms with Crippen LogP contribution in [0.15, 0.2) is 53.0 Å². The van der Waals surface area contributed by atoms with Crippen LogP contribution in [0.2, 0.25) is 0 Å². The van der Waals surface area contributed by atoms with Crippen LogP contribution < -0.4 is 20.9 Å². The summed E-state index contributed by atoms with van der Waals surface area (Å²) in [6.07, 6.45) is 3.32. The molecule has 0 radical (unpaired) electrons. The second-order valence-corrected chi connectivity index (χ2v) is 7.76. The number of anilines is 1. The van der Waals surface area contributed by atoms with Crippen molar-refractivity contribution in [3.8, 4) is 5.75 Å². The highest BCUT2D eigenvalue weighted by Gasteiger charge is 2.30. The first-order chi connectivity index (χ1) is 15.9. The van der Waals surface area contributed by atoms with Crippen LogP contribution in [0.4, 0.5) is 10.1 Å². The highest BCUT2D eigenvalue weighted by Crippen LogP contribution is 2.28. The molecule has 3 heterocycles. The molecule has 2 aromatic carbocycles. The van der Waals surface area contributed by atoms with Crippen molar-refractivity contribution in [1.29, 1.82) is 0 Å². The van der Waals surface area contributed by atoms with Crippen LogP contribution in [-0.4, -0.2) is 34.1 Å². The van der Waals surface area contributed by atoms with Gasteiger partial charge in [-0.05, 0) is 48.9 Å². The van der Waals surface area contributed by atoms with Crippen LogP contribution >= 0.6 is 0 Å². The van der Waals surface area contributed by atoms with Gasteiger partial charge >= 0.3 is 0 Å². The molecule has 2 N–H and O–H groups in total. The first kappa shape index (κ1) is 20.6. The molecule has 1 atom stereocenters. The Kier molecular flexibility index (Phi) is 4.97. The average molecular weight is 448 g/mol. The molecule has 33 heavy (non-hydrogen) atoms. The van der Waals surface area contributed by atoms with Gasteiger partial charge in [0.2, 0.25) is 5.91 Å². The van der Waals surface area contributed by atoms with Gasteiger partial charge in [0.25, 0.3) is 17.4 Å². The van der Waals surface area contributed by atoms with Gasteiger partial charge in [0.15, 0.2) is 0 Å². The van der Waals surface area contributed by atoms with E-state index in [1.807, 2.05) is 0 Å². The van der Waals surface area contributed by atoms with Crippen molar-refractivity contribution in [2.24, 2.45) is 0 Å². The Labute approximate surface area is 185 Å². The number of piperidine rings is 1. The van der Waals surface area contributed by atoms with Crippen LogP contribution in [0.3, 0.4) is 0 Å². The van der Waals surface area contributed by atoms with Crippen LogP contribution in [0.25, 0.3) is 16.8 Å². The zero-order chi connectivity index (χ0) is 23.1. The van der Waals surface area contributed by atoms with E-state index in [-0.39, 0.29) is 25.4 Å². The number of benzene rings is 2. The lowest BCUT2D eigenvalue weighted by Gasteiger charge is -2.21. The second-order valence-electron chi connectivity index (χ2n) is 7.76. The van der Waals surface area contributed by atoms with E-state index in [1.54, 1.807) is 18.2 Å². The zero-order valence-electron chi connectivity index (χ0n) is 17.1. The maximum absolute atomic E-state index is 13.5. The number of hydrogen-bond donors (Lipinski definition) is 2. The molecule has 10 heteroatoms. The second kappa shape index (κ2) is 7.97. The summed E-state index contributed by atoms with van der Waals surface area (Å²) in [5.41, 5.74) is 0.753. The van der Waals surface area contributed by atoms with Gasteiger partial charge in [-0.15, -0.1) is 0 Å². The van der Waals surface area contributed by atoms with Crippen LogP contribution in [0.1, 0.15) is 24.4 Å². The monoisotopic (exact) mass is 448 g/mol. The van der Waals surface area contributed by atoms with Gasteiger partial charge in [-0.25, -0.2) is 9.07 Å². The molecule has 166 valence electrons. The Bertz CT molecular complexity index is 1430. The Hall–Kier alpha value is -4.34. The van der Waals surface area contributed by atoms with Crippen LogP contribution in [-0.2, 0) is 14.4 Å². The Morgan fingerprint density at radius 2 is 2.03 bits per heavy atom. The summed E-state index contributed by atoms with van der Waals surface area (Å²) in [7, 11) is 0. The SMILES string of the molecule is O=C1CCC(n2ncc3cc(NC(=O)C4=Cc5cc(F)ccc5OC4)ccc3c2=O)C(=O)N1. The van der Waals surface area contributed by atoms with Gasteiger partial charge in [0.05, 0.1) is 17.2 Å². The molecule has 3 amide bonds. The van der Waals surface area contributed by atoms with E-state index >= 15 is 0 Å². The number of hydrogen-bond acceptors (Lipinski definition) is 6. The Morgan fingerprint density at radius 1 is 1.18 bits per heavy atom. The van der Waals surface area contributed by atoms with Crippen LogP contribution in [0, 0.1) is 5.82 Å². The highest BCUT2D eigenvalue weighted by molar-refractivity contribution is 6.08. The molecule has 2 aliphatic heterocycles. The van der Waals surface area contributed by atoms with E-state index < -0.39 is 29.2 Å². The summed E-state index contributed by atoms with van der Waals surface area (Å²) < 4.78 is 20.1. The van der Waals surface area contributed by atoms with Crippen molar-refractivity contribution in [3.05, 3.63) is 69.9 Å². The molecule has 2 aliphatic rings. The van der Waals surface area contributed by atoms with Gasteiger partial charge in [-0.1, -0.05) is 0 Å². The number of nitrogens with zero attached hydrogens (tertiary/aromatic N) is 2. The summed E-state index contributed by atoms with van der Waals surface area (Å²) in [6.45, 7) is 0.0380. The van der Waals surface area contributed by atoms with Crippen molar-refractivity contribution in [1.82, 2.24) is 15.1 Å². The minimum Gasteiger partial charge on any atom is -0.488 e. The maximum atomic E-state index is 13.5. The van der Waals surface area contributed by atoms with Crippen molar-refractivity contribution < 1.29 is 23.5 Å². The lowest BCUT2D eigenvalue weighted by Crippen LogP contribution is -2.45. The Morgan fingerprint density at radius 3 is 2.85 bits per heavy atom. The number of carbonyl (C=O) groups is 3. The lowest BCUT2D eigenvalue weighted by molar-refractivity contribution is -0.136. The number of halogens is 1. The normalized spacial score (nSPS) is 17.6. The van der Waals surface area contributed by atoms with E-state index in [2.05, 4.69) is 15.7 Å². The molecule has 0 aliphatic carbocycles. The molecular formula is C23H17FN4O5.